The highest BCUT2D eigenvalue weighted by Gasteiger charge is 2.13. The number of aryl methyl sites for hydroxylation is 3. The van der Waals surface area contributed by atoms with Crippen LogP contribution >= 0.6 is 35.3 Å². The molecule has 2 aromatic rings. The molecular weight excluding hydrogens is 425 g/mol. The lowest BCUT2D eigenvalue weighted by molar-refractivity contribution is 0.380. The van der Waals surface area contributed by atoms with Crippen LogP contribution in [0.3, 0.4) is 0 Å². The summed E-state index contributed by atoms with van der Waals surface area (Å²) in [5.74, 6) is 1.70. The van der Waals surface area contributed by atoms with Gasteiger partial charge in [0, 0.05) is 36.7 Å². The first-order chi connectivity index (χ1) is 10.7. The summed E-state index contributed by atoms with van der Waals surface area (Å²) in [7, 11) is 1.77. The van der Waals surface area contributed by atoms with E-state index < -0.39 is 0 Å². The zero-order valence-corrected chi connectivity index (χ0v) is 17.1. The Morgan fingerprint density at radius 2 is 2.00 bits per heavy atom. The summed E-state index contributed by atoms with van der Waals surface area (Å²) in [6.45, 7) is 7.54. The number of guanidine groups is 1. The molecule has 0 spiro atoms. The Morgan fingerprint density at radius 3 is 2.57 bits per heavy atom. The number of aromatic nitrogens is 2. The first-order valence-corrected chi connectivity index (χ1v) is 8.31. The van der Waals surface area contributed by atoms with Gasteiger partial charge in [-0.3, -0.25) is 4.99 Å². The molecule has 0 bridgehead atoms. The number of nitrogens with zero attached hydrogens (tertiary/aromatic N) is 3. The number of halogens is 1. The molecule has 8 heteroatoms. The van der Waals surface area contributed by atoms with Gasteiger partial charge in [0.25, 0.3) is 0 Å². The number of hydrogen-bond acceptors (Lipinski definition) is 5. The monoisotopic (exact) mass is 449 g/mol. The van der Waals surface area contributed by atoms with Gasteiger partial charge in [-0.25, -0.2) is 4.98 Å². The van der Waals surface area contributed by atoms with E-state index in [1.165, 1.54) is 4.88 Å². The van der Waals surface area contributed by atoms with E-state index in [2.05, 4.69) is 39.6 Å². The Hall–Kier alpha value is -1.16. The Labute approximate surface area is 158 Å². The second-order valence-corrected chi connectivity index (χ2v) is 6.18. The molecule has 0 amide bonds. The second-order valence-electron chi connectivity index (χ2n) is 4.86. The Morgan fingerprint density at radius 1 is 1.26 bits per heavy atom. The van der Waals surface area contributed by atoms with Crippen molar-refractivity contribution >= 4 is 41.3 Å². The highest BCUT2D eigenvalue weighted by atomic mass is 127. The molecule has 0 aliphatic carbocycles. The largest absolute Gasteiger partial charge is 0.361 e. The van der Waals surface area contributed by atoms with Crippen molar-refractivity contribution in [2.24, 2.45) is 4.99 Å². The molecule has 23 heavy (non-hydrogen) atoms. The summed E-state index contributed by atoms with van der Waals surface area (Å²) in [6.07, 6.45) is 3.60. The fraction of sp³-hybridized carbons (Fsp3) is 0.533. The third-order valence-electron chi connectivity index (χ3n) is 3.36. The van der Waals surface area contributed by atoms with Crippen LogP contribution in [0.5, 0.6) is 0 Å². The molecule has 2 N–H and O–H groups in total. The number of thiazole rings is 1. The number of aliphatic imine (C=N–C) groups is 1. The third-order valence-corrected chi connectivity index (χ3v) is 4.28. The fourth-order valence-electron chi connectivity index (χ4n) is 2.19. The minimum atomic E-state index is 0. The third kappa shape index (κ3) is 5.45. The highest BCUT2D eigenvalue weighted by molar-refractivity contribution is 14.0. The minimum absolute atomic E-state index is 0. The summed E-state index contributed by atoms with van der Waals surface area (Å²) in [4.78, 5) is 9.69. The molecule has 0 saturated heterocycles. The lowest BCUT2D eigenvalue weighted by Gasteiger charge is -2.11. The molecule has 0 saturated carbocycles. The van der Waals surface area contributed by atoms with Crippen LogP contribution in [0, 0.1) is 6.92 Å². The van der Waals surface area contributed by atoms with Crippen molar-refractivity contribution in [3.8, 4) is 0 Å². The van der Waals surface area contributed by atoms with Crippen LogP contribution in [0.2, 0.25) is 0 Å². The number of rotatable bonds is 6. The minimum Gasteiger partial charge on any atom is -0.361 e. The lowest BCUT2D eigenvalue weighted by Crippen LogP contribution is -2.36. The topological polar surface area (TPSA) is 75.3 Å². The molecule has 0 aliphatic heterocycles. The molecule has 0 unspecified atom stereocenters. The average Bonchev–Trinajstić information content (AvgIpc) is 3.13. The molecular formula is C15H24IN5OS. The van der Waals surface area contributed by atoms with Gasteiger partial charge in [-0.2, -0.15) is 0 Å². The van der Waals surface area contributed by atoms with Gasteiger partial charge in [-0.05, 0) is 13.3 Å². The van der Waals surface area contributed by atoms with Crippen LogP contribution in [-0.2, 0) is 25.9 Å². The van der Waals surface area contributed by atoms with Gasteiger partial charge in [0.05, 0.1) is 17.2 Å². The summed E-state index contributed by atoms with van der Waals surface area (Å²) in [5, 5.41) is 11.8. The molecule has 0 fully saturated rings. The normalized spacial score (nSPS) is 11.2. The van der Waals surface area contributed by atoms with Gasteiger partial charge >= 0.3 is 0 Å². The molecule has 0 aliphatic rings. The molecule has 2 rings (SSSR count). The van der Waals surface area contributed by atoms with Gasteiger partial charge in [-0.1, -0.05) is 19.0 Å². The first-order valence-electron chi connectivity index (χ1n) is 7.50. The molecule has 128 valence electrons. The first kappa shape index (κ1) is 19.9. The van der Waals surface area contributed by atoms with Gasteiger partial charge < -0.3 is 15.2 Å². The van der Waals surface area contributed by atoms with Crippen LogP contribution in [0.15, 0.2) is 15.7 Å². The molecule has 0 aromatic carbocycles. The predicted molar refractivity (Wildman–Crippen MR) is 105 cm³/mol. The van der Waals surface area contributed by atoms with Crippen LogP contribution in [0.25, 0.3) is 0 Å². The molecule has 0 atom stereocenters. The zero-order chi connectivity index (χ0) is 15.9. The molecule has 6 nitrogen and oxygen atoms in total. The van der Waals surface area contributed by atoms with E-state index >= 15 is 0 Å². The molecule has 2 heterocycles. The van der Waals surface area contributed by atoms with E-state index in [0.717, 1.165) is 47.4 Å². The summed E-state index contributed by atoms with van der Waals surface area (Å²) < 4.78 is 5.38. The van der Waals surface area contributed by atoms with E-state index in [9.17, 15) is 0 Å². The van der Waals surface area contributed by atoms with Crippen molar-refractivity contribution in [2.75, 3.05) is 7.05 Å². The molecule has 0 radical (unpaired) electrons. The van der Waals surface area contributed by atoms with Gasteiger partial charge in [-0.15, -0.1) is 35.3 Å². The van der Waals surface area contributed by atoms with Crippen LogP contribution in [-0.4, -0.2) is 23.1 Å². The number of nitrogens with one attached hydrogen (secondary N) is 2. The maximum absolute atomic E-state index is 5.38. The fourth-order valence-corrected chi connectivity index (χ4v) is 2.92. The van der Waals surface area contributed by atoms with Gasteiger partial charge in [0.2, 0.25) is 0 Å². The quantitative estimate of drug-likeness (QED) is 0.403. The maximum atomic E-state index is 5.38. The van der Waals surface area contributed by atoms with Crippen molar-refractivity contribution in [1.82, 2.24) is 20.8 Å². The van der Waals surface area contributed by atoms with Crippen LogP contribution < -0.4 is 10.6 Å². The highest BCUT2D eigenvalue weighted by Crippen LogP contribution is 2.15. The van der Waals surface area contributed by atoms with Crippen molar-refractivity contribution < 1.29 is 4.52 Å². The van der Waals surface area contributed by atoms with E-state index in [-0.39, 0.29) is 24.0 Å². The SMILES string of the molecule is CCc1noc(CC)c1CNC(=NC)NCc1cnc(C)s1.I. The summed E-state index contributed by atoms with van der Waals surface area (Å²) >= 11 is 1.69. The predicted octanol–water partition coefficient (Wildman–Crippen LogP) is 3.05. The van der Waals surface area contributed by atoms with Crippen molar-refractivity contribution in [1.29, 1.82) is 0 Å². The summed E-state index contributed by atoms with van der Waals surface area (Å²) in [5.41, 5.74) is 2.15. The second kappa shape index (κ2) is 9.86. The standard InChI is InChI=1S/C15H23N5OS.HI/c1-5-13-12(14(6-2)21-20-13)9-19-15(16-4)18-8-11-7-17-10(3)22-11;/h7H,5-6,8-9H2,1-4H3,(H2,16,18,19);1H. The van der Waals surface area contributed by atoms with E-state index in [1.807, 2.05) is 13.1 Å². The van der Waals surface area contributed by atoms with Crippen molar-refractivity contribution in [2.45, 2.75) is 46.7 Å². The van der Waals surface area contributed by atoms with Gasteiger partial charge in [0.15, 0.2) is 5.96 Å². The van der Waals surface area contributed by atoms with Crippen molar-refractivity contribution in [3.63, 3.8) is 0 Å². The molecule has 2 aromatic heterocycles. The Bertz CT molecular complexity index is 616. The summed E-state index contributed by atoms with van der Waals surface area (Å²) in [6, 6.07) is 0. The Balaban J connectivity index is 0.00000264. The van der Waals surface area contributed by atoms with E-state index in [4.69, 9.17) is 4.52 Å². The zero-order valence-electron chi connectivity index (χ0n) is 14.0. The van der Waals surface area contributed by atoms with Crippen LogP contribution in [0.1, 0.15) is 40.7 Å². The van der Waals surface area contributed by atoms with Crippen molar-refractivity contribution in [3.05, 3.63) is 33.1 Å². The average molecular weight is 449 g/mol. The van der Waals surface area contributed by atoms with Crippen LogP contribution in [0.4, 0.5) is 0 Å². The smallest absolute Gasteiger partial charge is 0.191 e. The van der Waals surface area contributed by atoms with Gasteiger partial charge in [0.1, 0.15) is 5.76 Å². The maximum Gasteiger partial charge on any atom is 0.191 e. The van der Waals surface area contributed by atoms with E-state index in [1.54, 1.807) is 18.4 Å². The number of hydrogen-bond donors (Lipinski definition) is 2. The lowest BCUT2D eigenvalue weighted by atomic mass is 10.1. The van der Waals surface area contributed by atoms with E-state index in [0.29, 0.717) is 6.54 Å². The Kier molecular flexibility index (Phi) is 8.53.